The zero-order chi connectivity index (χ0) is 24.6. The predicted molar refractivity (Wildman–Crippen MR) is 132 cm³/mol. The lowest BCUT2D eigenvalue weighted by atomic mass is 9.95. The summed E-state index contributed by atoms with van der Waals surface area (Å²) in [5.74, 6) is 2.04. The maximum absolute atomic E-state index is 12.5. The van der Waals surface area contributed by atoms with Crippen molar-refractivity contribution in [3.05, 3.63) is 48.0 Å². The normalized spacial score (nSPS) is 20.3. The van der Waals surface area contributed by atoms with Crippen LogP contribution in [0.3, 0.4) is 0 Å². The second-order valence-electron chi connectivity index (χ2n) is 9.04. The first kappa shape index (κ1) is 22.4. The van der Waals surface area contributed by atoms with Crippen molar-refractivity contribution in [3.8, 4) is 17.4 Å². The summed E-state index contributed by atoms with van der Waals surface area (Å²) < 4.78 is 22.2. The van der Waals surface area contributed by atoms with Gasteiger partial charge in [0.1, 0.15) is 17.6 Å². The number of methoxy groups -OCH3 is 1. The Kier molecular flexibility index (Phi) is 5.73. The van der Waals surface area contributed by atoms with Crippen LogP contribution in [-0.4, -0.2) is 63.0 Å². The number of carbonyl (C=O) groups excluding carboxylic acids is 2. The molecule has 6 rings (SSSR count). The summed E-state index contributed by atoms with van der Waals surface area (Å²) in [5, 5.41) is 7.25. The summed E-state index contributed by atoms with van der Waals surface area (Å²) >= 11 is 0. The van der Waals surface area contributed by atoms with Gasteiger partial charge in [0, 0.05) is 35.2 Å². The van der Waals surface area contributed by atoms with Gasteiger partial charge in [0.15, 0.2) is 6.61 Å². The molecule has 36 heavy (non-hydrogen) atoms. The molecule has 4 heterocycles. The molecule has 3 aromatic rings. The lowest BCUT2D eigenvalue weighted by Gasteiger charge is -2.20. The summed E-state index contributed by atoms with van der Waals surface area (Å²) in [6, 6.07) is 13.2. The Balaban J connectivity index is 1.05. The van der Waals surface area contributed by atoms with E-state index in [0.29, 0.717) is 42.7 Å². The van der Waals surface area contributed by atoms with Gasteiger partial charge in [-0.15, -0.1) is 0 Å². The van der Waals surface area contributed by atoms with Crippen LogP contribution in [0.2, 0.25) is 0 Å². The number of anilines is 2. The molecular weight excluding hydrogens is 464 g/mol. The van der Waals surface area contributed by atoms with Crippen LogP contribution in [0.1, 0.15) is 17.9 Å². The second kappa shape index (κ2) is 9.19. The van der Waals surface area contributed by atoms with Gasteiger partial charge in [0.25, 0.3) is 5.91 Å². The van der Waals surface area contributed by atoms with E-state index < -0.39 is 6.09 Å². The Hall–Kier alpha value is -4.05. The third kappa shape index (κ3) is 4.13. The van der Waals surface area contributed by atoms with E-state index >= 15 is 0 Å². The highest BCUT2D eigenvalue weighted by molar-refractivity contribution is 5.97. The first-order chi connectivity index (χ1) is 17.6. The molecule has 3 aliphatic heterocycles. The molecule has 1 saturated heterocycles. The highest BCUT2D eigenvalue weighted by Crippen LogP contribution is 2.40. The summed E-state index contributed by atoms with van der Waals surface area (Å²) in [5.41, 5.74) is 3.25. The third-order valence-electron chi connectivity index (χ3n) is 6.72. The molecule has 1 aromatic heterocycles. The minimum atomic E-state index is -0.408. The van der Waals surface area contributed by atoms with Crippen LogP contribution >= 0.6 is 0 Å². The number of fused-ring (bicyclic) bond motifs is 4. The smallest absolute Gasteiger partial charge is 0.414 e. The molecule has 2 N–H and O–H groups in total. The fraction of sp³-hybridized carbons (Fsp3) is 0.346. The van der Waals surface area contributed by atoms with Crippen molar-refractivity contribution >= 4 is 34.3 Å². The Labute approximate surface area is 207 Å². The Morgan fingerprint density at radius 3 is 2.89 bits per heavy atom. The molecule has 3 aliphatic rings. The number of nitrogens with zero attached hydrogens (tertiary/aromatic N) is 2. The van der Waals surface area contributed by atoms with Crippen molar-refractivity contribution in [2.75, 3.05) is 50.2 Å². The topological polar surface area (TPSA) is 111 Å². The van der Waals surface area contributed by atoms with Gasteiger partial charge in [-0.25, -0.2) is 9.78 Å². The van der Waals surface area contributed by atoms with Gasteiger partial charge in [-0.1, -0.05) is 0 Å². The van der Waals surface area contributed by atoms with Gasteiger partial charge in [-0.2, -0.15) is 0 Å². The zero-order valence-electron chi connectivity index (χ0n) is 19.8. The number of pyridine rings is 1. The van der Waals surface area contributed by atoms with E-state index in [1.54, 1.807) is 30.2 Å². The number of hydrogen-bond acceptors (Lipinski definition) is 8. The Morgan fingerprint density at radius 2 is 2.00 bits per heavy atom. The van der Waals surface area contributed by atoms with Gasteiger partial charge in [0.2, 0.25) is 5.88 Å². The Morgan fingerprint density at radius 1 is 1.14 bits per heavy atom. The highest BCUT2D eigenvalue weighted by Gasteiger charge is 2.33. The average Bonchev–Trinajstić information content (AvgIpc) is 3.49. The molecular formula is C26H26N4O6. The molecule has 2 aromatic carbocycles. The van der Waals surface area contributed by atoms with Gasteiger partial charge in [-0.3, -0.25) is 9.69 Å². The SMILES string of the molecule is COc1ccc2ccc3c(c2n1)C(CCNC[C@@H]1CN(c2ccc4c(c2)NC(=O)CO4)C(=O)O1)CO3. The molecule has 0 aliphatic carbocycles. The standard InChI is InChI=1S/C26H26N4O6/c1-33-23-7-3-15-2-5-21-24(25(15)29-23)16(13-34-21)8-9-27-11-18-12-30(26(32)36-18)17-4-6-20-19(10-17)28-22(31)14-35-20/h2-7,10,16,18,27H,8-9,11-14H2,1H3,(H,28,31)/t16?,18-/m1/s1. The monoisotopic (exact) mass is 490 g/mol. The number of benzene rings is 2. The quantitative estimate of drug-likeness (QED) is 0.486. The van der Waals surface area contributed by atoms with Crippen LogP contribution in [0.4, 0.5) is 16.2 Å². The molecule has 10 nitrogen and oxygen atoms in total. The zero-order valence-corrected chi connectivity index (χ0v) is 19.8. The van der Waals surface area contributed by atoms with Crippen molar-refractivity contribution in [1.29, 1.82) is 0 Å². The number of aromatic nitrogens is 1. The van der Waals surface area contributed by atoms with Crippen LogP contribution < -0.4 is 29.7 Å². The van der Waals surface area contributed by atoms with Gasteiger partial charge in [-0.05, 0) is 49.4 Å². The molecule has 1 fully saturated rings. The van der Waals surface area contributed by atoms with Crippen LogP contribution in [0, 0.1) is 0 Å². The maximum Gasteiger partial charge on any atom is 0.414 e. The van der Waals surface area contributed by atoms with Crippen LogP contribution in [-0.2, 0) is 9.53 Å². The van der Waals surface area contributed by atoms with Crippen molar-refractivity contribution in [2.45, 2.75) is 18.4 Å². The molecule has 186 valence electrons. The first-order valence-corrected chi connectivity index (χ1v) is 11.9. The number of carbonyl (C=O) groups is 2. The van der Waals surface area contributed by atoms with E-state index in [0.717, 1.165) is 35.2 Å². The fourth-order valence-electron chi connectivity index (χ4n) is 4.93. The van der Waals surface area contributed by atoms with E-state index in [2.05, 4.69) is 15.6 Å². The molecule has 2 amide bonds. The van der Waals surface area contributed by atoms with Gasteiger partial charge >= 0.3 is 6.09 Å². The minimum Gasteiger partial charge on any atom is -0.493 e. The third-order valence-corrected chi connectivity index (χ3v) is 6.72. The number of ether oxygens (including phenoxy) is 4. The van der Waals surface area contributed by atoms with Gasteiger partial charge in [0.05, 0.1) is 31.5 Å². The number of cyclic esters (lactones) is 1. The van der Waals surface area contributed by atoms with Crippen molar-refractivity contribution in [2.24, 2.45) is 0 Å². The summed E-state index contributed by atoms with van der Waals surface area (Å²) in [4.78, 5) is 30.3. The molecule has 10 heteroatoms. The number of rotatable bonds is 7. The van der Waals surface area contributed by atoms with Crippen molar-refractivity contribution in [3.63, 3.8) is 0 Å². The number of nitrogens with one attached hydrogen (secondary N) is 2. The van der Waals surface area contributed by atoms with E-state index in [9.17, 15) is 9.59 Å². The molecule has 0 spiro atoms. The molecule has 0 radical (unpaired) electrons. The average molecular weight is 491 g/mol. The van der Waals surface area contributed by atoms with Gasteiger partial charge < -0.3 is 29.6 Å². The van der Waals surface area contributed by atoms with E-state index in [1.165, 1.54) is 0 Å². The largest absolute Gasteiger partial charge is 0.493 e. The summed E-state index contributed by atoms with van der Waals surface area (Å²) in [6.45, 7) is 2.30. The Bertz CT molecular complexity index is 1350. The molecule has 0 bridgehead atoms. The lowest BCUT2D eigenvalue weighted by molar-refractivity contribution is -0.118. The predicted octanol–water partition coefficient (Wildman–Crippen LogP) is 3.06. The van der Waals surface area contributed by atoms with E-state index in [4.69, 9.17) is 18.9 Å². The fourth-order valence-corrected chi connectivity index (χ4v) is 4.93. The lowest BCUT2D eigenvalue weighted by Crippen LogP contribution is -2.32. The second-order valence-corrected chi connectivity index (χ2v) is 9.04. The maximum atomic E-state index is 12.5. The summed E-state index contributed by atoms with van der Waals surface area (Å²) in [7, 11) is 1.62. The van der Waals surface area contributed by atoms with E-state index in [-0.39, 0.29) is 24.5 Å². The minimum absolute atomic E-state index is 0.00859. The number of hydrogen-bond donors (Lipinski definition) is 2. The molecule has 1 unspecified atom stereocenters. The molecule has 0 saturated carbocycles. The van der Waals surface area contributed by atoms with Crippen molar-refractivity contribution in [1.82, 2.24) is 10.3 Å². The number of amides is 2. The summed E-state index contributed by atoms with van der Waals surface area (Å²) in [6.07, 6.45) is 0.174. The van der Waals surface area contributed by atoms with E-state index in [1.807, 2.05) is 24.3 Å². The van der Waals surface area contributed by atoms with Crippen LogP contribution in [0.5, 0.6) is 17.4 Å². The van der Waals surface area contributed by atoms with Crippen molar-refractivity contribution < 1.29 is 28.5 Å². The van der Waals surface area contributed by atoms with Crippen LogP contribution in [0.25, 0.3) is 10.9 Å². The highest BCUT2D eigenvalue weighted by atomic mass is 16.6. The first-order valence-electron chi connectivity index (χ1n) is 11.9. The van der Waals surface area contributed by atoms with Crippen LogP contribution in [0.15, 0.2) is 42.5 Å². The molecule has 2 atom stereocenters.